The molecule has 88 valence electrons. The summed E-state index contributed by atoms with van der Waals surface area (Å²) >= 11 is 0. The number of anilines is 1. The second kappa shape index (κ2) is 4.17. The van der Waals surface area contributed by atoms with Crippen molar-refractivity contribution in [2.24, 2.45) is 0 Å². The van der Waals surface area contributed by atoms with Gasteiger partial charge in [0.05, 0.1) is 5.69 Å². The molecule has 0 aliphatic carbocycles. The van der Waals surface area contributed by atoms with Crippen LogP contribution in [0, 0.1) is 0 Å². The molecule has 0 aromatic heterocycles. The minimum absolute atomic E-state index is 0.0128. The number of fused-ring (bicyclic) bond motifs is 1. The van der Waals surface area contributed by atoms with Crippen molar-refractivity contribution in [3.05, 3.63) is 42.0 Å². The van der Waals surface area contributed by atoms with Crippen LogP contribution < -0.4 is 4.90 Å². The number of amides is 1. The number of nitrogens with zero attached hydrogens (tertiary/aromatic N) is 1. The Morgan fingerprint density at radius 2 is 2.00 bits per heavy atom. The third-order valence-electron chi connectivity index (χ3n) is 2.92. The molecule has 1 atom stereocenters. The predicted octanol–water partition coefficient (Wildman–Crippen LogP) is 2.57. The van der Waals surface area contributed by atoms with Gasteiger partial charge in [-0.2, -0.15) is 0 Å². The highest BCUT2D eigenvalue weighted by Crippen LogP contribution is 2.34. The predicted molar refractivity (Wildman–Crippen MR) is 67.2 cm³/mol. The van der Waals surface area contributed by atoms with Gasteiger partial charge in [0, 0.05) is 12.5 Å². The zero-order valence-electron chi connectivity index (χ0n) is 10.1. The Hall–Kier alpha value is -1.90. The Balaban J connectivity index is 2.47. The summed E-state index contributed by atoms with van der Waals surface area (Å²) in [4.78, 5) is 25.5. The molecule has 1 heterocycles. The quantitative estimate of drug-likeness (QED) is 0.731. The van der Waals surface area contributed by atoms with Crippen molar-refractivity contribution in [1.29, 1.82) is 0 Å². The molecule has 1 unspecified atom stereocenters. The van der Waals surface area contributed by atoms with Crippen molar-refractivity contribution in [2.45, 2.75) is 26.3 Å². The van der Waals surface area contributed by atoms with Gasteiger partial charge in [0.25, 0.3) is 0 Å². The molecule has 0 N–H and O–H groups in total. The number of carbonyl (C=O) groups excluding carboxylic acids is 2. The fourth-order valence-electron chi connectivity index (χ4n) is 2.26. The molecule has 3 nitrogen and oxygen atoms in total. The van der Waals surface area contributed by atoms with E-state index >= 15 is 0 Å². The topological polar surface area (TPSA) is 37.4 Å². The summed E-state index contributed by atoms with van der Waals surface area (Å²) in [5.74, 6) is -0.0895. The zero-order valence-corrected chi connectivity index (χ0v) is 10.1. The van der Waals surface area contributed by atoms with Crippen molar-refractivity contribution in [2.75, 3.05) is 4.90 Å². The Bertz CT molecular complexity index is 505. The molecule has 0 saturated carbocycles. The summed E-state index contributed by atoms with van der Waals surface area (Å²) in [6.45, 7) is 7.18. The maximum absolute atomic E-state index is 12.2. The van der Waals surface area contributed by atoms with Crippen LogP contribution in [-0.4, -0.2) is 17.7 Å². The summed E-state index contributed by atoms with van der Waals surface area (Å²) in [6, 6.07) is 6.82. The van der Waals surface area contributed by atoms with Gasteiger partial charge in [-0.15, -0.1) is 6.58 Å². The van der Waals surface area contributed by atoms with E-state index in [1.807, 2.05) is 25.1 Å². The standard InChI is InChI=1S/C14H15NO2/c1-9(2)8-13-14(17)11-6-4-5-7-12(11)15(13)10(3)16/h4-7,13H,1,8H2,2-3H3. The second-order valence-electron chi connectivity index (χ2n) is 4.45. The van der Waals surface area contributed by atoms with Gasteiger partial charge in [-0.1, -0.05) is 17.7 Å². The van der Waals surface area contributed by atoms with Gasteiger partial charge in [-0.3, -0.25) is 9.59 Å². The smallest absolute Gasteiger partial charge is 0.224 e. The number of hydrogen-bond acceptors (Lipinski definition) is 2. The molecule has 1 amide bonds. The minimum Gasteiger partial charge on any atom is -0.301 e. The first-order valence-corrected chi connectivity index (χ1v) is 5.60. The molecular weight excluding hydrogens is 214 g/mol. The van der Waals surface area contributed by atoms with Crippen LogP contribution in [0.4, 0.5) is 5.69 Å². The Labute approximate surface area is 101 Å². The van der Waals surface area contributed by atoms with E-state index in [-0.39, 0.29) is 11.7 Å². The molecule has 1 aromatic carbocycles. The first-order chi connectivity index (χ1) is 8.02. The van der Waals surface area contributed by atoms with E-state index in [1.54, 1.807) is 11.0 Å². The molecular formula is C14H15NO2. The summed E-state index contributed by atoms with van der Waals surface area (Å²) < 4.78 is 0. The lowest BCUT2D eigenvalue weighted by molar-refractivity contribution is -0.116. The van der Waals surface area contributed by atoms with E-state index in [0.717, 1.165) is 11.3 Å². The van der Waals surface area contributed by atoms with E-state index < -0.39 is 6.04 Å². The van der Waals surface area contributed by atoms with Crippen LogP contribution in [-0.2, 0) is 4.79 Å². The molecule has 1 aliphatic rings. The highest BCUT2D eigenvalue weighted by Gasteiger charge is 2.38. The van der Waals surface area contributed by atoms with Crippen LogP contribution in [0.1, 0.15) is 30.6 Å². The Kier molecular flexibility index (Phi) is 2.84. The van der Waals surface area contributed by atoms with E-state index in [1.165, 1.54) is 6.92 Å². The summed E-state index contributed by atoms with van der Waals surface area (Å²) in [7, 11) is 0. The van der Waals surface area contributed by atoms with Crippen LogP contribution in [0.15, 0.2) is 36.4 Å². The molecule has 0 saturated heterocycles. The number of benzene rings is 1. The molecule has 1 aromatic rings. The lowest BCUT2D eigenvalue weighted by Gasteiger charge is -2.22. The fourth-order valence-corrected chi connectivity index (χ4v) is 2.26. The average Bonchev–Trinajstić information content (AvgIpc) is 2.52. The minimum atomic E-state index is -0.414. The van der Waals surface area contributed by atoms with Gasteiger partial charge in [0.2, 0.25) is 5.91 Å². The highest BCUT2D eigenvalue weighted by atomic mass is 16.2. The third-order valence-corrected chi connectivity index (χ3v) is 2.92. The number of ketones is 1. The molecule has 3 heteroatoms. The summed E-state index contributed by atoms with van der Waals surface area (Å²) in [5, 5.41) is 0. The Morgan fingerprint density at radius 3 is 2.59 bits per heavy atom. The number of Topliss-reactive ketones (excluding diaryl/α,β-unsaturated/α-hetero) is 1. The van der Waals surface area contributed by atoms with E-state index in [0.29, 0.717) is 12.0 Å². The van der Waals surface area contributed by atoms with Gasteiger partial charge in [0.15, 0.2) is 5.78 Å². The molecule has 0 spiro atoms. The maximum Gasteiger partial charge on any atom is 0.224 e. The van der Waals surface area contributed by atoms with E-state index in [9.17, 15) is 9.59 Å². The number of rotatable bonds is 2. The van der Waals surface area contributed by atoms with Crippen LogP contribution in [0.5, 0.6) is 0 Å². The lowest BCUT2D eigenvalue weighted by Crippen LogP contribution is -2.38. The van der Waals surface area contributed by atoms with Gasteiger partial charge in [-0.25, -0.2) is 0 Å². The van der Waals surface area contributed by atoms with Gasteiger partial charge in [-0.05, 0) is 25.5 Å². The number of hydrogen-bond donors (Lipinski definition) is 0. The average molecular weight is 229 g/mol. The van der Waals surface area contributed by atoms with Gasteiger partial charge < -0.3 is 4.90 Å². The Morgan fingerprint density at radius 1 is 1.35 bits per heavy atom. The van der Waals surface area contributed by atoms with Crippen molar-refractivity contribution >= 4 is 17.4 Å². The second-order valence-corrected chi connectivity index (χ2v) is 4.45. The van der Waals surface area contributed by atoms with E-state index in [2.05, 4.69) is 6.58 Å². The normalized spacial score (nSPS) is 18.1. The van der Waals surface area contributed by atoms with E-state index in [4.69, 9.17) is 0 Å². The SMILES string of the molecule is C=C(C)CC1C(=O)c2ccccc2N1C(C)=O. The van der Waals surface area contributed by atoms with Crippen LogP contribution in [0.3, 0.4) is 0 Å². The number of carbonyl (C=O) groups is 2. The summed E-state index contributed by atoms with van der Waals surface area (Å²) in [5.41, 5.74) is 2.26. The molecule has 0 bridgehead atoms. The van der Waals surface area contributed by atoms with Crippen LogP contribution in [0.25, 0.3) is 0 Å². The fraction of sp³-hybridized carbons (Fsp3) is 0.286. The molecule has 2 rings (SSSR count). The first kappa shape index (κ1) is 11.6. The monoisotopic (exact) mass is 229 g/mol. The molecule has 1 aliphatic heterocycles. The maximum atomic E-state index is 12.2. The van der Waals surface area contributed by atoms with Crippen molar-refractivity contribution in [3.63, 3.8) is 0 Å². The van der Waals surface area contributed by atoms with Crippen LogP contribution in [0.2, 0.25) is 0 Å². The highest BCUT2D eigenvalue weighted by molar-refractivity contribution is 6.17. The summed E-state index contributed by atoms with van der Waals surface area (Å²) in [6.07, 6.45) is 0.521. The van der Waals surface area contributed by atoms with Gasteiger partial charge in [0.1, 0.15) is 6.04 Å². The van der Waals surface area contributed by atoms with Crippen LogP contribution >= 0.6 is 0 Å². The molecule has 0 radical (unpaired) electrons. The van der Waals surface area contributed by atoms with Crippen molar-refractivity contribution in [1.82, 2.24) is 0 Å². The molecule has 17 heavy (non-hydrogen) atoms. The third kappa shape index (κ3) is 1.88. The largest absolute Gasteiger partial charge is 0.301 e. The lowest BCUT2D eigenvalue weighted by atomic mass is 10.0. The molecule has 0 fully saturated rings. The zero-order chi connectivity index (χ0) is 12.6. The van der Waals surface area contributed by atoms with Gasteiger partial charge >= 0.3 is 0 Å². The van der Waals surface area contributed by atoms with Crippen molar-refractivity contribution < 1.29 is 9.59 Å². The first-order valence-electron chi connectivity index (χ1n) is 5.60. The number of para-hydroxylation sites is 1. The van der Waals surface area contributed by atoms with Crippen molar-refractivity contribution in [3.8, 4) is 0 Å².